The largest absolute Gasteiger partial charge is 0.480 e. The van der Waals surface area contributed by atoms with Crippen molar-refractivity contribution < 1.29 is 14.7 Å². The van der Waals surface area contributed by atoms with Crippen molar-refractivity contribution in [1.82, 2.24) is 4.90 Å². The summed E-state index contributed by atoms with van der Waals surface area (Å²) in [5.74, 6) is -1.05. The molecule has 0 atom stereocenters. The summed E-state index contributed by atoms with van der Waals surface area (Å²) in [7, 11) is 0. The van der Waals surface area contributed by atoms with Crippen LogP contribution in [0.4, 0.5) is 10.5 Å². The van der Waals surface area contributed by atoms with Crippen LogP contribution >= 0.6 is 11.6 Å². The number of carbonyl (C=O) groups excluding carboxylic acids is 1. The van der Waals surface area contributed by atoms with Gasteiger partial charge in [0, 0.05) is 23.8 Å². The summed E-state index contributed by atoms with van der Waals surface area (Å²) in [6.45, 7) is 4.60. The van der Waals surface area contributed by atoms with Gasteiger partial charge in [-0.1, -0.05) is 18.5 Å². The Balaban J connectivity index is 3.01. The molecule has 0 aliphatic heterocycles. The van der Waals surface area contributed by atoms with Gasteiger partial charge in [-0.3, -0.25) is 9.69 Å². The lowest BCUT2D eigenvalue weighted by atomic mass is 10.3. The lowest BCUT2D eigenvalue weighted by molar-refractivity contribution is -0.135. The van der Waals surface area contributed by atoms with E-state index in [4.69, 9.17) is 16.7 Å². The van der Waals surface area contributed by atoms with E-state index in [-0.39, 0.29) is 12.6 Å². The number of anilines is 1. The number of carbonyl (C=O) groups is 2. The summed E-state index contributed by atoms with van der Waals surface area (Å²) in [5.41, 5.74) is 0.524. The third kappa shape index (κ3) is 4.42. The first-order chi connectivity index (χ1) is 9.49. The molecule has 0 radical (unpaired) electrons. The van der Waals surface area contributed by atoms with Crippen LogP contribution in [0, 0.1) is 0 Å². The van der Waals surface area contributed by atoms with Crippen molar-refractivity contribution in [2.24, 2.45) is 0 Å². The summed E-state index contributed by atoms with van der Waals surface area (Å²) in [4.78, 5) is 26.3. The van der Waals surface area contributed by atoms with Crippen molar-refractivity contribution in [3.63, 3.8) is 0 Å². The highest BCUT2D eigenvalue weighted by molar-refractivity contribution is 6.30. The first-order valence-corrected chi connectivity index (χ1v) is 6.91. The predicted molar refractivity (Wildman–Crippen MR) is 79.4 cm³/mol. The van der Waals surface area contributed by atoms with Crippen LogP contribution in [0.25, 0.3) is 0 Å². The van der Waals surface area contributed by atoms with Crippen molar-refractivity contribution in [2.75, 3.05) is 24.5 Å². The summed E-state index contributed by atoms with van der Waals surface area (Å²) >= 11 is 5.81. The molecule has 1 N–H and O–H groups in total. The molecule has 1 rings (SSSR count). The number of amides is 2. The predicted octanol–water partition coefficient (Wildman–Crippen LogP) is 3.08. The molecule has 20 heavy (non-hydrogen) atoms. The van der Waals surface area contributed by atoms with E-state index in [0.717, 1.165) is 6.42 Å². The quantitative estimate of drug-likeness (QED) is 0.878. The zero-order valence-corrected chi connectivity index (χ0v) is 12.4. The third-order valence-corrected chi connectivity index (χ3v) is 3.06. The molecular formula is C14H19ClN2O3. The van der Waals surface area contributed by atoms with Crippen LogP contribution < -0.4 is 4.90 Å². The minimum Gasteiger partial charge on any atom is -0.480 e. The minimum atomic E-state index is -1.05. The Kier molecular flexibility index (Phi) is 6.31. The molecule has 0 saturated heterocycles. The first kappa shape index (κ1) is 16.3. The molecule has 6 heteroatoms. The van der Waals surface area contributed by atoms with Gasteiger partial charge in [-0.25, -0.2) is 4.79 Å². The van der Waals surface area contributed by atoms with E-state index in [2.05, 4.69) is 0 Å². The summed E-state index contributed by atoms with van der Waals surface area (Å²) in [5, 5.41) is 9.53. The van der Waals surface area contributed by atoms with Crippen LogP contribution in [0.5, 0.6) is 0 Å². The molecule has 0 bridgehead atoms. The number of carboxylic acid groups (broad SMARTS) is 1. The fourth-order valence-electron chi connectivity index (χ4n) is 1.86. The Bertz CT molecular complexity index is 462. The molecule has 0 fully saturated rings. The van der Waals surface area contributed by atoms with E-state index in [1.54, 1.807) is 29.2 Å². The molecule has 0 aromatic heterocycles. The number of urea groups is 1. The number of hydrogen-bond donors (Lipinski definition) is 1. The monoisotopic (exact) mass is 298 g/mol. The summed E-state index contributed by atoms with van der Waals surface area (Å²) in [6.07, 6.45) is 0.821. The second-order valence-electron chi connectivity index (χ2n) is 4.32. The molecule has 0 unspecified atom stereocenters. The Morgan fingerprint density at radius 1 is 1.20 bits per heavy atom. The Labute approximate surface area is 123 Å². The normalized spacial score (nSPS) is 10.2. The van der Waals surface area contributed by atoms with Crippen molar-refractivity contribution in [2.45, 2.75) is 20.3 Å². The van der Waals surface area contributed by atoms with Gasteiger partial charge in [0.1, 0.15) is 6.54 Å². The van der Waals surface area contributed by atoms with Gasteiger partial charge in [-0.05, 0) is 37.6 Å². The van der Waals surface area contributed by atoms with E-state index in [0.29, 0.717) is 23.8 Å². The molecule has 0 saturated carbocycles. The van der Waals surface area contributed by atoms with Crippen molar-refractivity contribution in [1.29, 1.82) is 0 Å². The van der Waals surface area contributed by atoms with Crippen LogP contribution in [0.1, 0.15) is 20.3 Å². The van der Waals surface area contributed by atoms with E-state index in [1.807, 2.05) is 13.8 Å². The summed E-state index contributed by atoms with van der Waals surface area (Å²) < 4.78 is 0. The van der Waals surface area contributed by atoms with Crippen molar-refractivity contribution in [3.05, 3.63) is 29.3 Å². The molecule has 2 amide bonds. The number of carboxylic acids is 1. The average molecular weight is 299 g/mol. The Morgan fingerprint density at radius 2 is 1.80 bits per heavy atom. The first-order valence-electron chi connectivity index (χ1n) is 6.53. The second kappa shape index (κ2) is 7.75. The molecule has 1 aromatic carbocycles. The van der Waals surface area contributed by atoms with Crippen LogP contribution in [0.3, 0.4) is 0 Å². The fraction of sp³-hybridized carbons (Fsp3) is 0.429. The number of halogens is 1. The van der Waals surface area contributed by atoms with Gasteiger partial charge in [0.2, 0.25) is 0 Å². The van der Waals surface area contributed by atoms with E-state index in [9.17, 15) is 9.59 Å². The molecular weight excluding hydrogens is 280 g/mol. The molecule has 0 aliphatic rings. The van der Waals surface area contributed by atoms with Crippen LogP contribution in [0.15, 0.2) is 24.3 Å². The topological polar surface area (TPSA) is 60.9 Å². The molecule has 110 valence electrons. The number of nitrogens with zero attached hydrogens (tertiary/aromatic N) is 2. The minimum absolute atomic E-state index is 0.306. The van der Waals surface area contributed by atoms with Crippen LogP contribution in [-0.4, -0.2) is 41.6 Å². The van der Waals surface area contributed by atoms with Gasteiger partial charge < -0.3 is 10.0 Å². The SMILES string of the molecule is CCCN(CC)C(=O)N(CC(=O)O)c1ccc(Cl)cc1. The number of hydrogen-bond acceptors (Lipinski definition) is 2. The maximum Gasteiger partial charge on any atom is 0.325 e. The van der Waals surface area contributed by atoms with Gasteiger partial charge in [0.25, 0.3) is 0 Å². The van der Waals surface area contributed by atoms with E-state index in [1.165, 1.54) is 4.90 Å². The molecule has 1 aromatic rings. The van der Waals surface area contributed by atoms with Gasteiger partial charge in [0.05, 0.1) is 0 Å². The summed E-state index contributed by atoms with van der Waals surface area (Å²) in [6, 6.07) is 6.25. The number of benzene rings is 1. The van der Waals surface area contributed by atoms with Gasteiger partial charge in [-0.2, -0.15) is 0 Å². The standard InChI is InChI=1S/C14H19ClN2O3/c1-3-9-16(4-2)14(20)17(10-13(18)19)12-7-5-11(15)6-8-12/h5-8H,3-4,9-10H2,1-2H3,(H,18,19). The highest BCUT2D eigenvalue weighted by Crippen LogP contribution is 2.19. The smallest absolute Gasteiger partial charge is 0.325 e. The Hall–Kier alpha value is -1.75. The lowest BCUT2D eigenvalue weighted by Crippen LogP contribution is -2.45. The van der Waals surface area contributed by atoms with Gasteiger partial charge in [0.15, 0.2) is 0 Å². The highest BCUT2D eigenvalue weighted by Gasteiger charge is 2.23. The maximum absolute atomic E-state index is 12.4. The molecule has 0 aliphatic carbocycles. The van der Waals surface area contributed by atoms with Crippen LogP contribution in [-0.2, 0) is 4.79 Å². The zero-order valence-electron chi connectivity index (χ0n) is 11.7. The van der Waals surface area contributed by atoms with Crippen LogP contribution in [0.2, 0.25) is 5.02 Å². The van der Waals surface area contributed by atoms with E-state index >= 15 is 0 Å². The third-order valence-electron chi connectivity index (χ3n) is 2.81. The van der Waals surface area contributed by atoms with Gasteiger partial charge >= 0.3 is 12.0 Å². The molecule has 5 nitrogen and oxygen atoms in total. The number of rotatable bonds is 6. The maximum atomic E-state index is 12.4. The molecule has 0 heterocycles. The Morgan fingerprint density at radius 3 is 2.25 bits per heavy atom. The number of aliphatic carboxylic acids is 1. The average Bonchev–Trinajstić information content (AvgIpc) is 2.42. The lowest BCUT2D eigenvalue weighted by Gasteiger charge is -2.28. The fourth-order valence-corrected chi connectivity index (χ4v) is 1.98. The van der Waals surface area contributed by atoms with Crippen molar-refractivity contribution in [3.8, 4) is 0 Å². The highest BCUT2D eigenvalue weighted by atomic mass is 35.5. The van der Waals surface area contributed by atoms with E-state index < -0.39 is 5.97 Å². The van der Waals surface area contributed by atoms with Gasteiger partial charge in [-0.15, -0.1) is 0 Å². The second-order valence-corrected chi connectivity index (χ2v) is 4.75. The zero-order chi connectivity index (χ0) is 15.1. The van der Waals surface area contributed by atoms with Crippen molar-refractivity contribution >= 4 is 29.3 Å². The molecule has 0 spiro atoms.